The van der Waals surface area contributed by atoms with Crippen LogP contribution < -0.4 is 5.32 Å². The van der Waals surface area contributed by atoms with Gasteiger partial charge in [0.05, 0.1) is 28.1 Å². The van der Waals surface area contributed by atoms with Gasteiger partial charge >= 0.3 is 0 Å². The molecule has 0 aromatic carbocycles. The van der Waals surface area contributed by atoms with Crippen molar-refractivity contribution in [3.8, 4) is 0 Å². The molecule has 0 unspecified atom stereocenters. The zero-order valence-electron chi connectivity index (χ0n) is 12.0. The largest absolute Gasteiger partial charge is 0.311 e. The smallest absolute Gasteiger partial charge is 0.0965 e. The number of nitrogens with one attached hydrogen (secondary N) is 1. The predicted molar refractivity (Wildman–Crippen MR) is 77.3 cm³/mol. The Balaban J connectivity index is 1.75. The Morgan fingerprint density at radius 2 is 2.11 bits per heavy atom. The number of nitrogens with zero attached hydrogens (tertiary/aromatic N) is 4. The van der Waals surface area contributed by atoms with Crippen LogP contribution in [0, 0.1) is 6.92 Å². The minimum Gasteiger partial charge on any atom is -0.311 e. The van der Waals surface area contributed by atoms with Crippen molar-refractivity contribution < 1.29 is 0 Å². The Kier molecular flexibility index (Phi) is 4.31. The number of hydrogen-bond donors (Lipinski definition) is 1. The van der Waals surface area contributed by atoms with Gasteiger partial charge in [-0.2, -0.15) is 0 Å². The summed E-state index contributed by atoms with van der Waals surface area (Å²) in [5, 5.41) is 14.9. The maximum atomic E-state index is 4.44. The Labute approximate surface area is 118 Å². The molecule has 2 rings (SSSR count). The van der Waals surface area contributed by atoms with Crippen LogP contribution in [-0.2, 0) is 18.5 Å². The normalized spacial score (nSPS) is 12.0. The minimum absolute atomic E-state index is 0.0105. The van der Waals surface area contributed by atoms with Crippen LogP contribution in [0.5, 0.6) is 0 Å². The van der Waals surface area contributed by atoms with Gasteiger partial charge in [0, 0.05) is 24.9 Å². The van der Waals surface area contributed by atoms with Crippen molar-refractivity contribution >= 4 is 11.3 Å². The Morgan fingerprint density at radius 3 is 2.68 bits per heavy atom. The molecular formula is C13H21N5S. The van der Waals surface area contributed by atoms with E-state index < -0.39 is 0 Å². The molecule has 104 valence electrons. The summed E-state index contributed by atoms with van der Waals surface area (Å²) >= 11 is 1.70. The van der Waals surface area contributed by atoms with Gasteiger partial charge in [0.2, 0.25) is 0 Å². The molecule has 6 heteroatoms. The summed E-state index contributed by atoms with van der Waals surface area (Å²) in [5.74, 6) is 0. The molecule has 5 nitrogen and oxygen atoms in total. The molecule has 2 aromatic heterocycles. The van der Waals surface area contributed by atoms with E-state index in [1.165, 1.54) is 0 Å². The molecule has 2 heterocycles. The van der Waals surface area contributed by atoms with E-state index in [-0.39, 0.29) is 5.54 Å². The van der Waals surface area contributed by atoms with E-state index in [9.17, 15) is 0 Å². The van der Waals surface area contributed by atoms with Crippen LogP contribution in [0.4, 0.5) is 0 Å². The first kappa shape index (κ1) is 14.1. The van der Waals surface area contributed by atoms with Crippen molar-refractivity contribution in [3.05, 3.63) is 28.0 Å². The first-order valence-electron chi connectivity index (χ1n) is 6.48. The number of thiazole rings is 1. The second-order valence-electron chi connectivity index (χ2n) is 5.61. The average molecular weight is 279 g/mol. The van der Waals surface area contributed by atoms with Gasteiger partial charge < -0.3 is 5.32 Å². The second kappa shape index (κ2) is 5.79. The Morgan fingerprint density at radius 1 is 1.32 bits per heavy atom. The molecule has 0 saturated carbocycles. The molecular weight excluding hydrogens is 258 g/mol. The van der Waals surface area contributed by atoms with Gasteiger partial charge in [-0.3, -0.25) is 0 Å². The summed E-state index contributed by atoms with van der Waals surface area (Å²) < 4.78 is 1.90. The zero-order valence-corrected chi connectivity index (χ0v) is 12.8. The second-order valence-corrected chi connectivity index (χ2v) is 6.67. The maximum absolute atomic E-state index is 4.44. The van der Waals surface area contributed by atoms with Crippen LogP contribution in [0.1, 0.15) is 37.2 Å². The van der Waals surface area contributed by atoms with Crippen molar-refractivity contribution in [1.82, 2.24) is 25.3 Å². The monoisotopic (exact) mass is 279 g/mol. The van der Waals surface area contributed by atoms with E-state index in [1.54, 1.807) is 11.3 Å². The summed E-state index contributed by atoms with van der Waals surface area (Å²) in [5.41, 5.74) is 2.13. The molecule has 0 aliphatic rings. The lowest BCUT2D eigenvalue weighted by Crippen LogP contribution is -2.22. The van der Waals surface area contributed by atoms with Gasteiger partial charge in [-0.1, -0.05) is 5.21 Å². The van der Waals surface area contributed by atoms with Gasteiger partial charge in [0.15, 0.2) is 0 Å². The number of hydrogen-bond acceptors (Lipinski definition) is 5. The van der Waals surface area contributed by atoms with E-state index in [0.717, 1.165) is 35.9 Å². The first-order chi connectivity index (χ1) is 8.95. The van der Waals surface area contributed by atoms with Crippen molar-refractivity contribution in [2.75, 3.05) is 6.54 Å². The third-order valence-corrected chi connectivity index (χ3v) is 3.58. The summed E-state index contributed by atoms with van der Waals surface area (Å²) in [7, 11) is 0. The molecule has 1 N–H and O–H groups in total. The molecule has 0 aliphatic heterocycles. The van der Waals surface area contributed by atoms with E-state index in [0.29, 0.717) is 0 Å². The van der Waals surface area contributed by atoms with E-state index in [1.807, 2.05) is 17.8 Å². The zero-order chi connectivity index (χ0) is 13.9. The Bertz CT molecular complexity index is 523. The fourth-order valence-electron chi connectivity index (χ4n) is 1.66. The molecule has 0 spiro atoms. The van der Waals surface area contributed by atoms with Gasteiger partial charge in [0.25, 0.3) is 0 Å². The fourth-order valence-corrected chi connectivity index (χ4v) is 2.31. The van der Waals surface area contributed by atoms with Crippen molar-refractivity contribution in [1.29, 1.82) is 0 Å². The average Bonchev–Trinajstić information content (AvgIpc) is 2.93. The molecule has 19 heavy (non-hydrogen) atoms. The van der Waals surface area contributed by atoms with Crippen LogP contribution in [-0.4, -0.2) is 26.5 Å². The Hall–Kier alpha value is -1.27. The third-order valence-electron chi connectivity index (χ3n) is 2.76. The molecule has 0 aliphatic carbocycles. The van der Waals surface area contributed by atoms with Crippen LogP contribution >= 0.6 is 11.3 Å². The highest BCUT2D eigenvalue weighted by Gasteiger charge is 2.14. The lowest BCUT2D eigenvalue weighted by Gasteiger charge is -2.17. The third kappa shape index (κ3) is 4.11. The minimum atomic E-state index is -0.0105. The number of aromatic nitrogens is 4. The number of aryl methyl sites for hydroxylation is 1. The summed E-state index contributed by atoms with van der Waals surface area (Å²) in [4.78, 5) is 4.44. The topological polar surface area (TPSA) is 55.6 Å². The standard InChI is InChI=1S/C13H21N5S/c1-10-15-11(9-19-10)5-6-14-7-12-8-18(17-16-12)13(2,3)4/h8-9,14H,5-7H2,1-4H3. The lowest BCUT2D eigenvalue weighted by atomic mass is 10.1. The fraction of sp³-hybridized carbons (Fsp3) is 0.615. The summed E-state index contributed by atoms with van der Waals surface area (Å²) in [6.07, 6.45) is 2.96. The van der Waals surface area contributed by atoms with Crippen molar-refractivity contribution in [2.45, 2.75) is 46.2 Å². The quantitative estimate of drug-likeness (QED) is 0.852. The van der Waals surface area contributed by atoms with Crippen LogP contribution in [0.2, 0.25) is 0 Å². The highest BCUT2D eigenvalue weighted by Crippen LogP contribution is 2.11. The van der Waals surface area contributed by atoms with Gasteiger partial charge in [-0.25, -0.2) is 9.67 Å². The molecule has 2 aromatic rings. The molecule has 0 fully saturated rings. The maximum Gasteiger partial charge on any atom is 0.0965 e. The first-order valence-corrected chi connectivity index (χ1v) is 7.36. The summed E-state index contributed by atoms with van der Waals surface area (Å²) in [6.45, 7) is 10.0. The van der Waals surface area contributed by atoms with Crippen LogP contribution in [0.15, 0.2) is 11.6 Å². The van der Waals surface area contributed by atoms with Crippen LogP contribution in [0.3, 0.4) is 0 Å². The molecule has 0 amide bonds. The van der Waals surface area contributed by atoms with Gasteiger partial charge in [-0.05, 0) is 27.7 Å². The SMILES string of the molecule is Cc1nc(CCNCc2cn(C(C)(C)C)nn2)cs1. The molecule has 0 radical (unpaired) electrons. The van der Waals surface area contributed by atoms with Crippen molar-refractivity contribution in [2.24, 2.45) is 0 Å². The highest BCUT2D eigenvalue weighted by atomic mass is 32.1. The molecule has 0 bridgehead atoms. The summed E-state index contributed by atoms with van der Waals surface area (Å²) in [6, 6.07) is 0. The lowest BCUT2D eigenvalue weighted by molar-refractivity contribution is 0.347. The van der Waals surface area contributed by atoms with Gasteiger partial charge in [-0.15, -0.1) is 16.4 Å². The number of rotatable bonds is 5. The predicted octanol–water partition coefficient (Wildman–Crippen LogP) is 2.13. The van der Waals surface area contributed by atoms with E-state index in [2.05, 4.69) is 46.8 Å². The molecule has 0 saturated heterocycles. The molecule has 0 atom stereocenters. The van der Waals surface area contributed by atoms with E-state index in [4.69, 9.17) is 0 Å². The van der Waals surface area contributed by atoms with Crippen molar-refractivity contribution in [3.63, 3.8) is 0 Å². The van der Waals surface area contributed by atoms with Crippen LogP contribution in [0.25, 0.3) is 0 Å². The highest BCUT2D eigenvalue weighted by molar-refractivity contribution is 7.09. The van der Waals surface area contributed by atoms with Gasteiger partial charge in [0.1, 0.15) is 0 Å². The van der Waals surface area contributed by atoms with E-state index >= 15 is 0 Å².